The third-order valence-electron chi connectivity index (χ3n) is 3.12. The monoisotopic (exact) mass is 284 g/mol. The van der Waals surface area contributed by atoms with Crippen molar-refractivity contribution >= 4 is 29.1 Å². The molecule has 0 bridgehead atoms. The first-order valence-corrected chi connectivity index (χ1v) is 7.00. The second kappa shape index (κ2) is 4.92. The molecule has 0 unspecified atom stereocenters. The largest absolute Gasteiger partial charge is 0.478 e. The summed E-state index contributed by atoms with van der Waals surface area (Å²) in [6.45, 7) is 5.57. The summed E-state index contributed by atoms with van der Waals surface area (Å²) in [7, 11) is 0. The summed E-state index contributed by atoms with van der Waals surface area (Å²) in [6.07, 6.45) is 0. The molecule has 6 heteroatoms. The number of carboxylic acids is 1. The number of nitrogens with two attached hydrogens (primary N) is 1. The lowest BCUT2D eigenvalue weighted by Gasteiger charge is -2.39. The number of carboxylic acid groups (broad SMARTS) is 1. The summed E-state index contributed by atoms with van der Waals surface area (Å²) in [4.78, 5) is 13.0. The van der Waals surface area contributed by atoms with E-state index >= 15 is 0 Å². The molecule has 19 heavy (non-hydrogen) atoms. The van der Waals surface area contributed by atoms with Crippen molar-refractivity contribution in [3.63, 3.8) is 0 Å². The Bertz CT molecular complexity index is 520. The zero-order valence-corrected chi connectivity index (χ0v) is 11.8. The van der Waals surface area contributed by atoms with Gasteiger partial charge in [-0.1, -0.05) is 0 Å². The fourth-order valence-corrected chi connectivity index (χ4v) is 3.34. The highest BCUT2D eigenvalue weighted by Gasteiger charge is 2.29. The van der Waals surface area contributed by atoms with Crippen molar-refractivity contribution in [2.45, 2.75) is 18.6 Å². The Hall–Kier alpha value is -1.43. The van der Waals surface area contributed by atoms with Gasteiger partial charge in [-0.15, -0.1) is 0 Å². The topological polar surface area (TPSA) is 66.6 Å². The standard InChI is InChI=1S/C13H17FN2O2S/c1-13(2)7-16(3-4-19-13)11-5-8(12(17)18)10(15)6-9(11)14/h5-6H,3-4,7,15H2,1-2H3,(H,17,18). The van der Waals surface area contributed by atoms with Gasteiger partial charge >= 0.3 is 5.97 Å². The van der Waals surface area contributed by atoms with E-state index in [9.17, 15) is 9.18 Å². The molecule has 1 aromatic carbocycles. The Kier molecular flexibility index (Phi) is 3.62. The number of nitrogen functional groups attached to an aromatic ring is 1. The van der Waals surface area contributed by atoms with Gasteiger partial charge in [0.2, 0.25) is 0 Å². The lowest BCUT2D eigenvalue weighted by atomic mass is 10.1. The number of nitrogens with zero attached hydrogens (tertiary/aromatic N) is 1. The van der Waals surface area contributed by atoms with E-state index in [1.165, 1.54) is 6.07 Å². The average Bonchev–Trinajstić information content (AvgIpc) is 2.26. The summed E-state index contributed by atoms with van der Waals surface area (Å²) in [5.41, 5.74) is 5.76. The molecule has 0 aliphatic carbocycles. The average molecular weight is 284 g/mol. The van der Waals surface area contributed by atoms with Crippen molar-refractivity contribution in [2.24, 2.45) is 0 Å². The number of hydrogen-bond acceptors (Lipinski definition) is 4. The van der Waals surface area contributed by atoms with Gasteiger partial charge in [0.05, 0.1) is 11.3 Å². The first kappa shape index (κ1) is 14.0. The van der Waals surface area contributed by atoms with Gasteiger partial charge in [-0.3, -0.25) is 0 Å². The van der Waals surface area contributed by atoms with Gasteiger partial charge in [-0.2, -0.15) is 11.8 Å². The van der Waals surface area contributed by atoms with Gasteiger partial charge in [-0.25, -0.2) is 9.18 Å². The summed E-state index contributed by atoms with van der Waals surface area (Å²) in [6, 6.07) is 2.42. The molecule has 1 aliphatic heterocycles. The van der Waals surface area contributed by atoms with E-state index in [0.29, 0.717) is 18.8 Å². The number of carbonyl (C=O) groups is 1. The van der Waals surface area contributed by atoms with E-state index in [2.05, 4.69) is 13.8 Å². The van der Waals surface area contributed by atoms with E-state index in [0.717, 1.165) is 11.8 Å². The quantitative estimate of drug-likeness (QED) is 0.817. The van der Waals surface area contributed by atoms with Crippen LogP contribution in [0.5, 0.6) is 0 Å². The van der Waals surface area contributed by atoms with Gasteiger partial charge < -0.3 is 15.7 Å². The first-order valence-electron chi connectivity index (χ1n) is 6.01. The normalized spacial score (nSPS) is 18.4. The van der Waals surface area contributed by atoms with Crippen molar-refractivity contribution in [2.75, 3.05) is 29.5 Å². The third kappa shape index (κ3) is 2.94. The predicted molar refractivity (Wildman–Crippen MR) is 76.5 cm³/mol. The van der Waals surface area contributed by atoms with Crippen LogP contribution in [0.1, 0.15) is 24.2 Å². The molecule has 0 amide bonds. The van der Waals surface area contributed by atoms with Crippen LogP contribution in [-0.4, -0.2) is 34.7 Å². The maximum Gasteiger partial charge on any atom is 0.337 e. The van der Waals surface area contributed by atoms with Gasteiger partial charge in [0.25, 0.3) is 0 Å². The molecule has 104 valence electrons. The lowest BCUT2D eigenvalue weighted by molar-refractivity contribution is 0.0698. The minimum Gasteiger partial charge on any atom is -0.478 e. The van der Waals surface area contributed by atoms with E-state index in [1.807, 2.05) is 16.7 Å². The number of aromatic carboxylic acids is 1. The number of benzene rings is 1. The molecule has 1 aromatic rings. The van der Waals surface area contributed by atoms with Crippen molar-refractivity contribution in [1.29, 1.82) is 0 Å². The van der Waals surface area contributed by atoms with E-state index in [-0.39, 0.29) is 16.0 Å². The van der Waals surface area contributed by atoms with Crippen LogP contribution in [0.15, 0.2) is 12.1 Å². The van der Waals surface area contributed by atoms with Gasteiger partial charge in [0.15, 0.2) is 0 Å². The minimum absolute atomic E-state index is 0.0233. The van der Waals surface area contributed by atoms with Crippen LogP contribution in [0.25, 0.3) is 0 Å². The smallest absolute Gasteiger partial charge is 0.337 e. The number of rotatable bonds is 2. The molecular formula is C13H17FN2O2S. The Morgan fingerprint density at radius 3 is 2.79 bits per heavy atom. The molecule has 0 saturated carbocycles. The minimum atomic E-state index is -1.13. The fourth-order valence-electron chi connectivity index (χ4n) is 2.23. The van der Waals surface area contributed by atoms with Crippen LogP contribution in [0, 0.1) is 5.82 Å². The zero-order chi connectivity index (χ0) is 14.2. The van der Waals surface area contributed by atoms with Gasteiger partial charge in [0.1, 0.15) is 5.82 Å². The molecule has 4 nitrogen and oxygen atoms in total. The van der Waals surface area contributed by atoms with Crippen LogP contribution in [-0.2, 0) is 0 Å². The Morgan fingerprint density at radius 1 is 1.53 bits per heavy atom. The molecule has 1 saturated heterocycles. The molecule has 0 radical (unpaired) electrons. The highest BCUT2D eigenvalue weighted by atomic mass is 32.2. The maximum absolute atomic E-state index is 14.0. The molecular weight excluding hydrogens is 267 g/mol. The fraction of sp³-hybridized carbons (Fsp3) is 0.462. The van der Waals surface area contributed by atoms with Crippen molar-refractivity contribution in [3.05, 3.63) is 23.5 Å². The number of anilines is 2. The SMILES string of the molecule is CC1(C)CN(c2cc(C(=O)O)c(N)cc2F)CCS1. The van der Waals surface area contributed by atoms with Gasteiger partial charge in [-0.05, 0) is 26.0 Å². The molecule has 1 aliphatic rings. The van der Waals surface area contributed by atoms with Gasteiger partial charge in [0, 0.05) is 29.3 Å². The molecule has 1 fully saturated rings. The molecule has 2 rings (SSSR count). The Morgan fingerprint density at radius 2 is 2.21 bits per heavy atom. The van der Waals surface area contributed by atoms with Crippen LogP contribution in [0.4, 0.5) is 15.8 Å². The molecule has 1 heterocycles. The lowest BCUT2D eigenvalue weighted by Crippen LogP contribution is -2.43. The highest BCUT2D eigenvalue weighted by molar-refractivity contribution is 8.00. The van der Waals surface area contributed by atoms with E-state index in [4.69, 9.17) is 10.8 Å². The molecule has 3 N–H and O–H groups in total. The summed E-state index contributed by atoms with van der Waals surface area (Å²) >= 11 is 1.83. The van der Waals surface area contributed by atoms with Crippen molar-refractivity contribution < 1.29 is 14.3 Å². The van der Waals surface area contributed by atoms with E-state index in [1.54, 1.807) is 0 Å². The second-order valence-electron chi connectivity index (χ2n) is 5.23. The maximum atomic E-state index is 14.0. The summed E-state index contributed by atoms with van der Waals surface area (Å²) < 4.78 is 14.0. The number of halogens is 1. The van der Waals surface area contributed by atoms with Crippen LogP contribution in [0.2, 0.25) is 0 Å². The molecule has 0 aromatic heterocycles. The van der Waals surface area contributed by atoms with Crippen molar-refractivity contribution in [3.8, 4) is 0 Å². The van der Waals surface area contributed by atoms with E-state index < -0.39 is 11.8 Å². The van der Waals surface area contributed by atoms with Crippen molar-refractivity contribution in [1.82, 2.24) is 0 Å². The van der Waals surface area contributed by atoms with Crippen LogP contribution >= 0.6 is 11.8 Å². The second-order valence-corrected chi connectivity index (χ2v) is 7.03. The number of thioether (sulfide) groups is 1. The summed E-state index contributed by atoms with van der Waals surface area (Å²) in [5, 5.41) is 9.06. The summed E-state index contributed by atoms with van der Waals surface area (Å²) in [5.74, 6) is -0.714. The zero-order valence-electron chi connectivity index (χ0n) is 10.9. The number of hydrogen-bond donors (Lipinski definition) is 2. The van der Waals surface area contributed by atoms with Crippen LogP contribution in [0.3, 0.4) is 0 Å². The predicted octanol–water partition coefficient (Wildman–Crippen LogP) is 2.44. The first-order chi connectivity index (χ1) is 8.80. The molecule has 0 spiro atoms. The highest BCUT2D eigenvalue weighted by Crippen LogP contribution is 2.34. The third-order valence-corrected chi connectivity index (χ3v) is 4.41. The molecule has 0 atom stereocenters. The Labute approximate surface area is 115 Å². The Balaban J connectivity index is 2.39. The van der Waals surface area contributed by atoms with Crippen LogP contribution < -0.4 is 10.6 Å².